The molecule has 0 aliphatic carbocycles. The van der Waals surface area contributed by atoms with Gasteiger partial charge in [-0.3, -0.25) is 9.59 Å². The number of carboxylic acid groups (broad SMARTS) is 1. The molecular weight excluding hydrogens is 244 g/mol. The van der Waals surface area contributed by atoms with Crippen LogP contribution in [0.4, 0.5) is 5.69 Å². The van der Waals surface area contributed by atoms with Crippen molar-refractivity contribution >= 4 is 17.6 Å². The Morgan fingerprint density at radius 2 is 2.16 bits per heavy atom. The monoisotopic (exact) mass is 262 g/mol. The van der Waals surface area contributed by atoms with Crippen molar-refractivity contribution in [2.24, 2.45) is 5.92 Å². The third-order valence-electron chi connectivity index (χ3n) is 3.43. The lowest BCUT2D eigenvalue weighted by molar-refractivity contribution is -0.136. The third kappa shape index (κ3) is 3.32. The van der Waals surface area contributed by atoms with Crippen LogP contribution in [0, 0.1) is 5.92 Å². The van der Waals surface area contributed by atoms with Crippen LogP contribution >= 0.6 is 0 Å². The molecule has 1 fully saturated rings. The first-order valence-electron chi connectivity index (χ1n) is 6.42. The van der Waals surface area contributed by atoms with Gasteiger partial charge in [-0.05, 0) is 30.5 Å². The molecule has 0 aromatic heterocycles. The zero-order chi connectivity index (χ0) is 13.8. The average Bonchev–Trinajstić information content (AvgIpc) is 2.77. The summed E-state index contributed by atoms with van der Waals surface area (Å²) in [5.74, 6) is -0.705. The summed E-state index contributed by atoms with van der Waals surface area (Å²) in [7, 11) is 0. The normalized spacial score (nSPS) is 22.2. The first-order valence-corrected chi connectivity index (χ1v) is 6.42. The van der Waals surface area contributed by atoms with Gasteiger partial charge in [-0.2, -0.15) is 0 Å². The Bertz CT molecular complexity index is 487. The molecule has 2 rings (SSSR count). The van der Waals surface area contributed by atoms with Crippen molar-refractivity contribution in [1.82, 2.24) is 5.32 Å². The maximum absolute atomic E-state index is 12.1. The first-order chi connectivity index (χ1) is 9.08. The van der Waals surface area contributed by atoms with Gasteiger partial charge >= 0.3 is 5.97 Å². The number of nitrogens with one attached hydrogen (secondary N) is 2. The molecule has 1 amide bonds. The van der Waals surface area contributed by atoms with E-state index in [1.807, 2.05) is 6.92 Å². The van der Waals surface area contributed by atoms with E-state index >= 15 is 0 Å². The Morgan fingerprint density at radius 1 is 1.42 bits per heavy atom. The van der Waals surface area contributed by atoms with Gasteiger partial charge in [-0.15, -0.1) is 0 Å². The van der Waals surface area contributed by atoms with Crippen LogP contribution in [0.3, 0.4) is 0 Å². The zero-order valence-electron chi connectivity index (χ0n) is 10.8. The fourth-order valence-corrected chi connectivity index (χ4v) is 2.36. The molecule has 19 heavy (non-hydrogen) atoms. The van der Waals surface area contributed by atoms with Crippen molar-refractivity contribution in [2.45, 2.75) is 25.8 Å². The van der Waals surface area contributed by atoms with Crippen molar-refractivity contribution in [3.05, 3.63) is 29.8 Å². The van der Waals surface area contributed by atoms with Crippen LogP contribution in [-0.4, -0.2) is 29.6 Å². The number of hydrogen-bond donors (Lipinski definition) is 3. The zero-order valence-corrected chi connectivity index (χ0v) is 10.8. The van der Waals surface area contributed by atoms with Gasteiger partial charge in [-0.25, -0.2) is 0 Å². The van der Waals surface area contributed by atoms with Gasteiger partial charge in [0.25, 0.3) is 0 Å². The quantitative estimate of drug-likeness (QED) is 0.763. The molecule has 3 N–H and O–H groups in total. The van der Waals surface area contributed by atoms with Crippen LogP contribution in [0.2, 0.25) is 0 Å². The fraction of sp³-hybridized carbons (Fsp3) is 0.429. The minimum absolute atomic E-state index is 0.0932. The highest BCUT2D eigenvalue weighted by Gasteiger charge is 2.29. The number of carbonyl (C=O) groups excluding carboxylic acids is 1. The molecule has 2 unspecified atom stereocenters. The molecule has 5 heteroatoms. The van der Waals surface area contributed by atoms with Gasteiger partial charge in [0.15, 0.2) is 0 Å². The number of carboxylic acids is 1. The van der Waals surface area contributed by atoms with Crippen molar-refractivity contribution in [2.75, 3.05) is 11.9 Å². The molecule has 1 heterocycles. The molecular formula is C14H18N2O3. The highest BCUT2D eigenvalue weighted by molar-refractivity contribution is 5.96. The van der Waals surface area contributed by atoms with Crippen LogP contribution in [0.25, 0.3) is 0 Å². The summed E-state index contributed by atoms with van der Waals surface area (Å²) in [5, 5.41) is 14.8. The van der Waals surface area contributed by atoms with Gasteiger partial charge in [0.2, 0.25) is 5.91 Å². The molecule has 5 nitrogen and oxygen atoms in total. The summed E-state index contributed by atoms with van der Waals surface area (Å²) in [6, 6.07) is 6.81. The fourth-order valence-electron chi connectivity index (χ4n) is 2.36. The van der Waals surface area contributed by atoms with Crippen LogP contribution < -0.4 is 10.6 Å². The average molecular weight is 262 g/mol. The number of benzene rings is 1. The number of amides is 1. The minimum atomic E-state index is -0.908. The molecule has 1 aromatic carbocycles. The van der Waals surface area contributed by atoms with Crippen LogP contribution in [0.1, 0.15) is 18.9 Å². The van der Waals surface area contributed by atoms with E-state index in [2.05, 4.69) is 10.6 Å². The summed E-state index contributed by atoms with van der Waals surface area (Å²) in [6.45, 7) is 2.88. The predicted molar refractivity (Wildman–Crippen MR) is 72.0 cm³/mol. The van der Waals surface area contributed by atoms with E-state index in [1.165, 1.54) is 0 Å². The number of rotatable bonds is 4. The number of carbonyl (C=O) groups is 2. The standard InChI is InChI=1S/C14H18N2O3/c1-9-6-7-15-13(9)14(19)16-11-5-3-2-4-10(11)8-12(17)18/h2-5,9,13,15H,6-8H2,1H3,(H,16,19)(H,17,18). The van der Waals surface area contributed by atoms with E-state index in [0.717, 1.165) is 13.0 Å². The van der Waals surface area contributed by atoms with Crippen LogP contribution in [-0.2, 0) is 16.0 Å². The van der Waals surface area contributed by atoms with Gasteiger partial charge in [-0.1, -0.05) is 25.1 Å². The number of anilines is 1. The molecule has 2 atom stereocenters. The minimum Gasteiger partial charge on any atom is -0.481 e. The van der Waals surface area contributed by atoms with Gasteiger partial charge in [0.05, 0.1) is 12.5 Å². The lowest BCUT2D eigenvalue weighted by Gasteiger charge is -2.17. The summed E-state index contributed by atoms with van der Waals surface area (Å²) < 4.78 is 0. The summed E-state index contributed by atoms with van der Waals surface area (Å²) >= 11 is 0. The maximum atomic E-state index is 12.1. The number of aliphatic carboxylic acids is 1. The molecule has 0 saturated carbocycles. The Balaban J connectivity index is 2.10. The second kappa shape index (κ2) is 5.84. The Morgan fingerprint density at radius 3 is 2.79 bits per heavy atom. The Kier molecular flexibility index (Phi) is 4.16. The molecule has 0 bridgehead atoms. The Hall–Kier alpha value is -1.88. The highest BCUT2D eigenvalue weighted by atomic mass is 16.4. The van der Waals surface area contributed by atoms with Crippen molar-refractivity contribution in [3.8, 4) is 0 Å². The van der Waals surface area contributed by atoms with Gasteiger partial charge in [0, 0.05) is 5.69 Å². The summed E-state index contributed by atoms with van der Waals surface area (Å²) in [4.78, 5) is 22.9. The Labute approximate surface area is 112 Å². The smallest absolute Gasteiger partial charge is 0.307 e. The maximum Gasteiger partial charge on any atom is 0.307 e. The molecule has 1 aliphatic rings. The molecule has 1 aromatic rings. The van der Waals surface area contributed by atoms with Gasteiger partial charge in [0.1, 0.15) is 0 Å². The second-order valence-corrected chi connectivity index (χ2v) is 4.91. The van der Waals surface area contributed by atoms with E-state index in [9.17, 15) is 9.59 Å². The SMILES string of the molecule is CC1CCNC1C(=O)Nc1ccccc1CC(=O)O. The van der Waals surface area contributed by atoms with Gasteiger partial charge < -0.3 is 15.7 Å². The number of para-hydroxylation sites is 1. The van der Waals surface area contributed by atoms with E-state index < -0.39 is 5.97 Å². The second-order valence-electron chi connectivity index (χ2n) is 4.91. The third-order valence-corrected chi connectivity index (χ3v) is 3.43. The van der Waals surface area contributed by atoms with Crippen molar-refractivity contribution in [1.29, 1.82) is 0 Å². The van der Waals surface area contributed by atoms with E-state index in [1.54, 1.807) is 24.3 Å². The predicted octanol–water partition coefficient (Wildman–Crippen LogP) is 1.25. The lowest BCUT2D eigenvalue weighted by Crippen LogP contribution is -2.39. The number of hydrogen-bond acceptors (Lipinski definition) is 3. The van der Waals surface area contributed by atoms with Crippen molar-refractivity contribution < 1.29 is 14.7 Å². The molecule has 1 aliphatic heterocycles. The topological polar surface area (TPSA) is 78.4 Å². The van der Waals surface area contributed by atoms with Crippen LogP contribution in [0.5, 0.6) is 0 Å². The van der Waals surface area contributed by atoms with E-state index in [-0.39, 0.29) is 18.4 Å². The van der Waals surface area contributed by atoms with Crippen LogP contribution in [0.15, 0.2) is 24.3 Å². The first kappa shape index (κ1) is 13.5. The molecule has 1 saturated heterocycles. The molecule has 0 spiro atoms. The summed E-state index contributed by atoms with van der Waals surface area (Å²) in [6.07, 6.45) is 0.888. The van der Waals surface area contributed by atoms with E-state index in [4.69, 9.17) is 5.11 Å². The van der Waals surface area contributed by atoms with E-state index in [0.29, 0.717) is 17.2 Å². The summed E-state index contributed by atoms with van der Waals surface area (Å²) in [5.41, 5.74) is 1.20. The highest BCUT2D eigenvalue weighted by Crippen LogP contribution is 2.19. The largest absolute Gasteiger partial charge is 0.481 e. The van der Waals surface area contributed by atoms with Crippen molar-refractivity contribution in [3.63, 3.8) is 0 Å². The molecule has 102 valence electrons. The lowest BCUT2D eigenvalue weighted by atomic mass is 10.0. The molecule has 0 radical (unpaired) electrons.